The Morgan fingerprint density at radius 3 is 2.31 bits per heavy atom. The summed E-state index contributed by atoms with van der Waals surface area (Å²) >= 11 is 0. The summed E-state index contributed by atoms with van der Waals surface area (Å²) in [6.45, 7) is 5.13. The second kappa shape index (κ2) is 8.49. The Kier molecular flexibility index (Phi) is 6.09. The molecular formula is C21H31N5. The third-order valence-corrected chi connectivity index (χ3v) is 5.14. The Hall–Kier alpha value is -2.14. The fourth-order valence-electron chi connectivity index (χ4n) is 3.55. The number of hydrogen-bond donors (Lipinski definition) is 2. The first-order valence-electron chi connectivity index (χ1n) is 9.57. The SMILES string of the molecule is Cc1ccc(CN[C@H]2CC[C@@H](Nc3ncc(C)c(N(C)C)n3)CC2)cc1. The minimum Gasteiger partial charge on any atom is -0.362 e. The third kappa shape index (κ3) is 4.94. The summed E-state index contributed by atoms with van der Waals surface area (Å²) in [5.41, 5.74) is 3.78. The van der Waals surface area contributed by atoms with Gasteiger partial charge in [0.2, 0.25) is 5.95 Å². The van der Waals surface area contributed by atoms with Crippen LogP contribution in [-0.4, -0.2) is 36.1 Å². The maximum atomic E-state index is 4.66. The van der Waals surface area contributed by atoms with E-state index >= 15 is 0 Å². The number of aromatic nitrogens is 2. The maximum Gasteiger partial charge on any atom is 0.224 e. The predicted octanol–water partition coefficient (Wildman–Crippen LogP) is 3.67. The Morgan fingerprint density at radius 2 is 1.65 bits per heavy atom. The molecule has 5 heteroatoms. The zero-order valence-electron chi connectivity index (χ0n) is 16.4. The lowest BCUT2D eigenvalue weighted by atomic mass is 9.91. The molecule has 1 fully saturated rings. The molecule has 1 aromatic heterocycles. The molecule has 1 heterocycles. The molecule has 0 amide bonds. The zero-order chi connectivity index (χ0) is 18.5. The fraction of sp³-hybridized carbons (Fsp3) is 0.524. The van der Waals surface area contributed by atoms with Crippen molar-refractivity contribution < 1.29 is 0 Å². The van der Waals surface area contributed by atoms with Gasteiger partial charge in [-0.25, -0.2) is 4.98 Å². The molecule has 26 heavy (non-hydrogen) atoms. The summed E-state index contributed by atoms with van der Waals surface area (Å²) in [6, 6.07) is 9.86. The summed E-state index contributed by atoms with van der Waals surface area (Å²) in [4.78, 5) is 11.1. The third-order valence-electron chi connectivity index (χ3n) is 5.14. The number of nitrogens with one attached hydrogen (secondary N) is 2. The highest BCUT2D eigenvalue weighted by Crippen LogP contribution is 2.23. The van der Waals surface area contributed by atoms with Crippen molar-refractivity contribution in [3.8, 4) is 0 Å². The van der Waals surface area contributed by atoms with E-state index in [1.54, 1.807) is 0 Å². The van der Waals surface area contributed by atoms with Crippen LogP contribution in [0.4, 0.5) is 11.8 Å². The standard InChI is InChI=1S/C21H31N5/c1-15-5-7-17(8-6-15)14-22-18-9-11-19(12-10-18)24-21-23-13-16(2)20(25-21)26(3)4/h5-8,13,18-19,22H,9-12,14H2,1-4H3,(H,23,24,25)/t18-,19+. The number of anilines is 2. The van der Waals surface area contributed by atoms with Gasteiger partial charge in [-0.2, -0.15) is 4.98 Å². The molecular weight excluding hydrogens is 322 g/mol. The van der Waals surface area contributed by atoms with Crippen LogP contribution in [0.5, 0.6) is 0 Å². The number of aryl methyl sites for hydroxylation is 2. The minimum absolute atomic E-state index is 0.463. The van der Waals surface area contributed by atoms with E-state index < -0.39 is 0 Å². The maximum absolute atomic E-state index is 4.66. The Labute approximate surface area is 157 Å². The van der Waals surface area contributed by atoms with Crippen LogP contribution in [0.1, 0.15) is 42.4 Å². The van der Waals surface area contributed by atoms with Crippen LogP contribution in [0.15, 0.2) is 30.5 Å². The van der Waals surface area contributed by atoms with Crippen molar-refractivity contribution in [3.63, 3.8) is 0 Å². The lowest BCUT2D eigenvalue weighted by Gasteiger charge is -2.30. The van der Waals surface area contributed by atoms with Crippen LogP contribution < -0.4 is 15.5 Å². The van der Waals surface area contributed by atoms with Gasteiger partial charge in [0.25, 0.3) is 0 Å². The fourth-order valence-corrected chi connectivity index (χ4v) is 3.55. The van der Waals surface area contributed by atoms with Gasteiger partial charge in [0.05, 0.1) is 0 Å². The molecule has 1 aliphatic rings. The topological polar surface area (TPSA) is 53.1 Å². The van der Waals surface area contributed by atoms with Crippen molar-refractivity contribution in [1.82, 2.24) is 15.3 Å². The van der Waals surface area contributed by atoms with Gasteiger partial charge in [-0.1, -0.05) is 29.8 Å². The Morgan fingerprint density at radius 1 is 1.00 bits per heavy atom. The van der Waals surface area contributed by atoms with Gasteiger partial charge in [0.15, 0.2) is 0 Å². The van der Waals surface area contributed by atoms with Crippen LogP contribution in [0.25, 0.3) is 0 Å². The number of rotatable bonds is 6. The molecule has 0 unspecified atom stereocenters. The number of benzene rings is 1. The van der Waals surface area contributed by atoms with E-state index in [1.165, 1.54) is 24.0 Å². The van der Waals surface area contributed by atoms with E-state index in [0.29, 0.717) is 12.1 Å². The summed E-state index contributed by atoms with van der Waals surface area (Å²) in [6.07, 6.45) is 6.59. The van der Waals surface area contributed by atoms with Crippen LogP contribution in [0, 0.1) is 13.8 Å². The van der Waals surface area contributed by atoms with E-state index in [9.17, 15) is 0 Å². The van der Waals surface area contributed by atoms with Gasteiger partial charge < -0.3 is 15.5 Å². The quantitative estimate of drug-likeness (QED) is 0.830. The molecule has 140 valence electrons. The summed E-state index contributed by atoms with van der Waals surface area (Å²) in [5.74, 6) is 1.73. The molecule has 1 aromatic carbocycles. The van der Waals surface area contributed by atoms with E-state index in [2.05, 4.69) is 51.8 Å². The molecule has 0 saturated heterocycles. The van der Waals surface area contributed by atoms with E-state index in [4.69, 9.17) is 0 Å². The number of hydrogen-bond acceptors (Lipinski definition) is 5. The minimum atomic E-state index is 0.463. The second-order valence-electron chi connectivity index (χ2n) is 7.65. The highest BCUT2D eigenvalue weighted by atomic mass is 15.2. The first-order valence-corrected chi connectivity index (χ1v) is 9.57. The lowest BCUT2D eigenvalue weighted by Crippen LogP contribution is -2.37. The highest BCUT2D eigenvalue weighted by molar-refractivity contribution is 5.47. The average Bonchev–Trinajstić information content (AvgIpc) is 2.64. The largest absolute Gasteiger partial charge is 0.362 e. The zero-order valence-corrected chi connectivity index (χ0v) is 16.4. The van der Waals surface area contributed by atoms with Crippen molar-refractivity contribution >= 4 is 11.8 Å². The summed E-state index contributed by atoms with van der Waals surface area (Å²) in [5, 5.41) is 7.23. The molecule has 1 saturated carbocycles. The molecule has 0 radical (unpaired) electrons. The van der Waals surface area contributed by atoms with Crippen LogP contribution in [-0.2, 0) is 6.54 Å². The first kappa shape index (κ1) is 18.6. The average molecular weight is 354 g/mol. The molecule has 0 spiro atoms. The molecule has 1 aliphatic carbocycles. The van der Waals surface area contributed by atoms with Crippen LogP contribution >= 0.6 is 0 Å². The van der Waals surface area contributed by atoms with Gasteiger partial charge in [0, 0.05) is 44.5 Å². The molecule has 0 atom stereocenters. The normalized spacial score (nSPS) is 20.0. The van der Waals surface area contributed by atoms with Gasteiger partial charge in [-0.05, 0) is 45.1 Å². The lowest BCUT2D eigenvalue weighted by molar-refractivity contribution is 0.352. The van der Waals surface area contributed by atoms with Crippen molar-refractivity contribution in [3.05, 3.63) is 47.2 Å². The Bertz CT molecular complexity index is 703. The van der Waals surface area contributed by atoms with Crippen LogP contribution in [0.2, 0.25) is 0 Å². The van der Waals surface area contributed by atoms with Gasteiger partial charge in [-0.3, -0.25) is 0 Å². The van der Waals surface area contributed by atoms with Gasteiger partial charge in [0.1, 0.15) is 5.82 Å². The molecule has 0 aliphatic heterocycles. The number of nitrogens with zero attached hydrogens (tertiary/aromatic N) is 3. The monoisotopic (exact) mass is 353 g/mol. The first-order chi connectivity index (χ1) is 12.5. The van der Waals surface area contributed by atoms with Crippen molar-refractivity contribution in [2.45, 2.75) is 58.2 Å². The smallest absolute Gasteiger partial charge is 0.224 e. The molecule has 0 bridgehead atoms. The van der Waals surface area contributed by atoms with Crippen LogP contribution in [0.3, 0.4) is 0 Å². The van der Waals surface area contributed by atoms with Crippen molar-refractivity contribution in [2.75, 3.05) is 24.3 Å². The van der Waals surface area contributed by atoms with Crippen molar-refractivity contribution in [2.24, 2.45) is 0 Å². The van der Waals surface area contributed by atoms with Gasteiger partial charge in [-0.15, -0.1) is 0 Å². The van der Waals surface area contributed by atoms with E-state index in [1.807, 2.05) is 32.1 Å². The molecule has 3 rings (SSSR count). The van der Waals surface area contributed by atoms with Gasteiger partial charge >= 0.3 is 0 Å². The van der Waals surface area contributed by atoms with E-state index in [0.717, 1.165) is 36.7 Å². The summed E-state index contributed by atoms with van der Waals surface area (Å²) in [7, 11) is 4.04. The van der Waals surface area contributed by atoms with Crippen molar-refractivity contribution in [1.29, 1.82) is 0 Å². The second-order valence-corrected chi connectivity index (χ2v) is 7.65. The Balaban J connectivity index is 1.46. The van der Waals surface area contributed by atoms with E-state index in [-0.39, 0.29) is 0 Å². The highest BCUT2D eigenvalue weighted by Gasteiger charge is 2.21. The molecule has 5 nitrogen and oxygen atoms in total. The molecule has 2 aromatic rings. The predicted molar refractivity (Wildman–Crippen MR) is 109 cm³/mol. The molecule has 2 N–H and O–H groups in total. The summed E-state index contributed by atoms with van der Waals surface area (Å²) < 4.78 is 0.